The molecule has 0 spiro atoms. The van der Waals surface area contributed by atoms with Gasteiger partial charge in [-0.15, -0.1) is 0 Å². The average molecular weight is 444 g/mol. The Kier molecular flexibility index (Phi) is 6.14. The summed E-state index contributed by atoms with van der Waals surface area (Å²) in [5, 5.41) is 12.6. The maximum absolute atomic E-state index is 13.4. The standard InChI is InChI=1S/C26H29N5O2/c1-16(2)24-22-14-28-31(21-11-8-18(4)19(5)12-21)25(22)26(33)30(29-24)15-23(32)27-13-20-9-6-17(3)7-10-20/h6-12,14,16H,13,15H2,1-5H3,(H,27,32). The lowest BCUT2D eigenvalue weighted by atomic mass is 10.1. The molecule has 33 heavy (non-hydrogen) atoms. The first-order valence-corrected chi connectivity index (χ1v) is 11.1. The van der Waals surface area contributed by atoms with E-state index in [0.717, 1.165) is 28.1 Å². The van der Waals surface area contributed by atoms with Crippen LogP contribution in [0.2, 0.25) is 0 Å². The van der Waals surface area contributed by atoms with Crippen LogP contribution in [0.25, 0.3) is 16.6 Å². The molecule has 0 saturated carbocycles. The molecule has 2 heterocycles. The topological polar surface area (TPSA) is 81.8 Å². The van der Waals surface area contributed by atoms with Crippen LogP contribution in [0.5, 0.6) is 0 Å². The molecule has 1 amide bonds. The first kappa shape index (κ1) is 22.5. The number of nitrogens with zero attached hydrogens (tertiary/aromatic N) is 4. The second-order valence-electron chi connectivity index (χ2n) is 8.85. The molecule has 7 heteroatoms. The van der Waals surface area contributed by atoms with Crippen LogP contribution >= 0.6 is 0 Å². The third kappa shape index (κ3) is 4.58. The lowest BCUT2D eigenvalue weighted by molar-refractivity contribution is -0.122. The van der Waals surface area contributed by atoms with Gasteiger partial charge in [-0.3, -0.25) is 9.59 Å². The van der Waals surface area contributed by atoms with E-state index in [2.05, 4.69) is 15.5 Å². The molecule has 0 aliphatic heterocycles. The highest BCUT2D eigenvalue weighted by molar-refractivity contribution is 5.82. The summed E-state index contributed by atoms with van der Waals surface area (Å²) >= 11 is 0. The highest BCUT2D eigenvalue weighted by Crippen LogP contribution is 2.23. The summed E-state index contributed by atoms with van der Waals surface area (Å²) in [4.78, 5) is 26.1. The normalized spacial score (nSPS) is 11.3. The smallest absolute Gasteiger partial charge is 0.293 e. The number of nitrogens with one attached hydrogen (secondary N) is 1. The largest absolute Gasteiger partial charge is 0.350 e. The number of carbonyl (C=O) groups is 1. The fraction of sp³-hybridized carbons (Fsp3) is 0.308. The Hall–Kier alpha value is -3.74. The highest BCUT2D eigenvalue weighted by atomic mass is 16.2. The first-order chi connectivity index (χ1) is 15.7. The van der Waals surface area contributed by atoms with Crippen molar-refractivity contribution in [3.8, 4) is 5.69 Å². The van der Waals surface area contributed by atoms with Crippen LogP contribution in [-0.2, 0) is 17.9 Å². The van der Waals surface area contributed by atoms with Crippen LogP contribution in [0, 0.1) is 20.8 Å². The summed E-state index contributed by atoms with van der Waals surface area (Å²) in [5.41, 5.74) is 6.09. The van der Waals surface area contributed by atoms with Gasteiger partial charge in [0.2, 0.25) is 5.91 Å². The molecule has 0 atom stereocenters. The van der Waals surface area contributed by atoms with Crippen molar-refractivity contribution in [3.05, 3.63) is 87.0 Å². The molecule has 4 aromatic rings. The van der Waals surface area contributed by atoms with E-state index < -0.39 is 0 Å². The van der Waals surface area contributed by atoms with Gasteiger partial charge in [-0.2, -0.15) is 10.2 Å². The monoisotopic (exact) mass is 443 g/mol. The number of fused-ring (bicyclic) bond motifs is 1. The van der Waals surface area contributed by atoms with Gasteiger partial charge < -0.3 is 5.32 Å². The van der Waals surface area contributed by atoms with Gasteiger partial charge in [0, 0.05) is 11.9 Å². The van der Waals surface area contributed by atoms with E-state index in [0.29, 0.717) is 17.4 Å². The van der Waals surface area contributed by atoms with E-state index >= 15 is 0 Å². The van der Waals surface area contributed by atoms with Crippen molar-refractivity contribution in [1.29, 1.82) is 0 Å². The van der Waals surface area contributed by atoms with Crippen molar-refractivity contribution in [2.45, 2.75) is 53.6 Å². The Morgan fingerprint density at radius 1 is 1.03 bits per heavy atom. The fourth-order valence-electron chi connectivity index (χ4n) is 3.78. The predicted octanol–water partition coefficient (Wildman–Crippen LogP) is 3.95. The second kappa shape index (κ2) is 9.02. The lowest BCUT2D eigenvalue weighted by Crippen LogP contribution is -2.34. The zero-order valence-electron chi connectivity index (χ0n) is 19.7. The van der Waals surface area contributed by atoms with Crippen LogP contribution in [0.3, 0.4) is 0 Å². The number of benzene rings is 2. The minimum Gasteiger partial charge on any atom is -0.350 e. The minimum atomic E-state index is -0.337. The summed E-state index contributed by atoms with van der Waals surface area (Å²) in [7, 11) is 0. The molecule has 0 fully saturated rings. The SMILES string of the molecule is Cc1ccc(CNC(=O)Cn2nc(C(C)C)c3cnn(-c4ccc(C)c(C)c4)c3c2=O)cc1. The van der Waals surface area contributed by atoms with Gasteiger partial charge in [0.1, 0.15) is 12.1 Å². The van der Waals surface area contributed by atoms with Crippen molar-refractivity contribution in [1.82, 2.24) is 24.9 Å². The van der Waals surface area contributed by atoms with E-state index in [1.807, 2.05) is 77.1 Å². The molecular formula is C26H29N5O2. The zero-order valence-corrected chi connectivity index (χ0v) is 19.7. The molecule has 0 saturated heterocycles. The van der Waals surface area contributed by atoms with Crippen LogP contribution in [0.1, 0.15) is 47.7 Å². The van der Waals surface area contributed by atoms with Gasteiger partial charge in [-0.1, -0.05) is 49.7 Å². The van der Waals surface area contributed by atoms with Crippen molar-refractivity contribution in [3.63, 3.8) is 0 Å². The molecule has 2 aromatic heterocycles. The number of amides is 1. The summed E-state index contributed by atoms with van der Waals surface area (Å²) in [5.74, 6) is -0.205. The van der Waals surface area contributed by atoms with Gasteiger partial charge in [0.25, 0.3) is 5.56 Å². The third-order valence-corrected chi connectivity index (χ3v) is 5.90. The zero-order chi connectivity index (χ0) is 23.7. The number of aryl methyl sites for hydroxylation is 3. The van der Waals surface area contributed by atoms with E-state index in [-0.39, 0.29) is 23.9 Å². The Bertz CT molecular complexity index is 1380. The van der Waals surface area contributed by atoms with Crippen LogP contribution in [-0.4, -0.2) is 25.5 Å². The number of rotatable bonds is 6. The maximum Gasteiger partial charge on any atom is 0.293 e. The minimum absolute atomic E-state index is 0.0624. The number of hydrogen-bond acceptors (Lipinski definition) is 4. The maximum atomic E-state index is 13.4. The van der Waals surface area contributed by atoms with Crippen molar-refractivity contribution < 1.29 is 4.79 Å². The van der Waals surface area contributed by atoms with Crippen molar-refractivity contribution in [2.75, 3.05) is 0 Å². The summed E-state index contributed by atoms with van der Waals surface area (Å²) in [6.45, 7) is 10.4. The summed E-state index contributed by atoms with van der Waals surface area (Å²) in [6, 6.07) is 13.9. The molecule has 4 rings (SSSR count). The Morgan fingerprint density at radius 3 is 2.42 bits per heavy atom. The van der Waals surface area contributed by atoms with Crippen molar-refractivity contribution >= 4 is 16.8 Å². The van der Waals surface area contributed by atoms with E-state index in [1.165, 1.54) is 10.2 Å². The lowest BCUT2D eigenvalue weighted by Gasteiger charge is -2.13. The molecule has 170 valence electrons. The van der Waals surface area contributed by atoms with E-state index in [1.54, 1.807) is 10.9 Å². The van der Waals surface area contributed by atoms with Crippen LogP contribution < -0.4 is 10.9 Å². The molecule has 0 bridgehead atoms. The molecule has 7 nitrogen and oxygen atoms in total. The average Bonchev–Trinajstić information content (AvgIpc) is 3.22. The molecular weight excluding hydrogens is 414 g/mol. The molecule has 0 aliphatic carbocycles. The predicted molar refractivity (Wildman–Crippen MR) is 130 cm³/mol. The van der Waals surface area contributed by atoms with E-state index in [9.17, 15) is 9.59 Å². The van der Waals surface area contributed by atoms with Gasteiger partial charge in [-0.05, 0) is 55.5 Å². The molecule has 0 aliphatic rings. The van der Waals surface area contributed by atoms with Crippen molar-refractivity contribution in [2.24, 2.45) is 0 Å². The number of carbonyl (C=O) groups excluding carboxylic acids is 1. The first-order valence-electron chi connectivity index (χ1n) is 11.1. The Labute approximate surface area is 193 Å². The van der Waals surface area contributed by atoms with Gasteiger partial charge >= 0.3 is 0 Å². The molecule has 0 unspecified atom stereocenters. The third-order valence-electron chi connectivity index (χ3n) is 5.90. The van der Waals surface area contributed by atoms with Crippen LogP contribution in [0.4, 0.5) is 0 Å². The number of aromatic nitrogens is 4. The summed E-state index contributed by atoms with van der Waals surface area (Å²) in [6.07, 6.45) is 1.69. The van der Waals surface area contributed by atoms with Crippen LogP contribution in [0.15, 0.2) is 53.5 Å². The second-order valence-corrected chi connectivity index (χ2v) is 8.85. The fourth-order valence-corrected chi connectivity index (χ4v) is 3.78. The van der Waals surface area contributed by atoms with E-state index in [4.69, 9.17) is 0 Å². The molecule has 2 aromatic carbocycles. The quantitative estimate of drug-likeness (QED) is 0.489. The van der Waals surface area contributed by atoms with Gasteiger partial charge in [0.15, 0.2) is 0 Å². The Morgan fingerprint density at radius 2 is 1.76 bits per heavy atom. The number of hydrogen-bond donors (Lipinski definition) is 1. The molecule has 0 radical (unpaired) electrons. The van der Waals surface area contributed by atoms with Gasteiger partial charge in [0.05, 0.1) is 17.6 Å². The Balaban J connectivity index is 1.70. The molecule has 1 N–H and O–H groups in total. The highest BCUT2D eigenvalue weighted by Gasteiger charge is 2.20. The summed E-state index contributed by atoms with van der Waals surface area (Å²) < 4.78 is 2.90. The van der Waals surface area contributed by atoms with Gasteiger partial charge in [-0.25, -0.2) is 9.36 Å².